The third-order valence-electron chi connectivity index (χ3n) is 2.68. The molecule has 1 aromatic rings. The fourth-order valence-corrected chi connectivity index (χ4v) is 1.90. The molecular weight excluding hydrogens is 188 g/mol. The lowest BCUT2D eigenvalue weighted by molar-refractivity contribution is 0.148. The van der Waals surface area contributed by atoms with E-state index >= 15 is 0 Å². The normalized spacial score (nSPS) is 17.0. The second-order valence-electron chi connectivity index (χ2n) is 3.85. The van der Waals surface area contributed by atoms with Crippen LogP contribution < -0.4 is 4.74 Å². The van der Waals surface area contributed by atoms with Crippen molar-refractivity contribution in [2.24, 2.45) is 0 Å². The van der Waals surface area contributed by atoms with Crippen molar-refractivity contribution in [1.82, 2.24) is 4.98 Å². The molecule has 1 fully saturated rings. The number of nitrogens with zero attached hydrogens (tertiary/aromatic N) is 2. The minimum atomic E-state index is 0.292. The highest BCUT2D eigenvalue weighted by Crippen LogP contribution is 2.22. The molecule has 0 spiro atoms. The first kappa shape index (κ1) is 9.97. The molecule has 0 amide bonds. The summed E-state index contributed by atoms with van der Waals surface area (Å²) in [5, 5.41) is 8.70. The maximum atomic E-state index is 8.70. The van der Waals surface area contributed by atoms with Crippen LogP contribution in [0.5, 0.6) is 5.88 Å². The van der Waals surface area contributed by atoms with Crippen LogP contribution in [0.1, 0.15) is 37.8 Å². The quantitative estimate of drug-likeness (QED) is 0.740. The Bertz CT molecular complexity index is 364. The minimum Gasteiger partial charge on any atom is -0.474 e. The zero-order valence-corrected chi connectivity index (χ0v) is 8.65. The first-order chi connectivity index (χ1) is 7.38. The average Bonchev–Trinajstić information content (AvgIpc) is 2.31. The second-order valence-corrected chi connectivity index (χ2v) is 3.85. The van der Waals surface area contributed by atoms with Gasteiger partial charge in [-0.1, -0.05) is 12.5 Å². The van der Waals surface area contributed by atoms with Crippen molar-refractivity contribution in [2.45, 2.75) is 38.2 Å². The van der Waals surface area contributed by atoms with Gasteiger partial charge in [-0.05, 0) is 31.7 Å². The van der Waals surface area contributed by atoms with E-state index in [1.165, 1.54) is 19.3 Å². The van der Waals surface area contributed by atoms with Crippen molar-refractivity contribution >= 4 is 0 Å². The van der Waals surface area contributed by atoms with E-state index in [2.05, 4.69) is 4.98 Å². The van der Waals surface area contributed by atoms with E-state index in [9.17, 15) is 0 Å². The number of aromatic nitrogens is 1. The van der Waals surface area contributed by atoms with Gasteiger partial charge in [0.15, 0.2) is 0 Å². The van der Waals surface area contributed by atoms with Crippen LogP contribution in [0.3, 0.4) is 0 Å². The second kappa shape index (κ2) is 4.79. The molecule has 15 heavy (non-hydrogen) atoms. The molecule has 1 aromatic heterocycles. The van der Waals surface area contributed by atoms with Gasteiger partial charge in [0.1, 0.15) is 17.9 Å². The number of rotatable bonds is 2. The van der Waals surface area contributed by atoms with Gasteiger partial charge in [0.05, 0.1) is 0 Å². The molecule has 3 nitrogen and oxygen atoms in total. The van der Waals surface area contributed by atoms with Gasteiger partial charge in [-0.25, -0.2) is 4.98 Å². The van der Waals surface area contributed by atoms with Crippen LogP contribution in [0.15, 0.2) is 18.2 Å². The highest BCUT2D eigenvalue weighted by Gasteiger charge is 2.15. The highest BCUT2D eigenvalue weighted by molar-refractivity contribution is 5.24. The van der Waals surface area contributed by atoms with E-state index in [0.717, 1.165) is 12.8 Å². The van der Waals surface area contributed by atoms with Crippen molar-refractivity contribution in [3.63, 3.8) is 0 Å². The molecular formula is C12H14N2O. The van der Waals surface area contributed by atoms with Crippen molar-refractivity contribution in [3.05, 3.63) is 23.9 Å². The Kier molecular flexibility index (Phi) is 3.18. The molecule has 0 radical (unpaired) electrons. The topological polar surface area (TPSA) is 45.9 Å². The maximum Gasteiger partial charge on any atom is 0.214 e. The van der Waals surface area contributed by atoms with Crippen molar-refractivity contribution in [1.29, 1.82) is 5.26 Å². The lowest BCUT2D eigenvalue weighted by Gasteiger charge is -2.22. The van der Waals surface area contributed by atoms with E-state index in [0.29, 0.717) is 17.7 Å². The minimum absolute atomic E-state index is 0.292. The largest absolute Gasteiger partial charge is 0.474 e. The smallest absolute Gasteiger partial charge is 0.214 e. The van der Waals surface area contributed by atoms with Crippen molar-refractivity contribution in [2.75, 3.05) is 0 Å². The van der Waals surface area contributed by atoms with Gasteiger partial charge in [-0.2, -0.15) is 5.26 Å². The summed E-state index contributed by atoms with van der Waals surface area (Å²) in [4.78, 5) is 4.10. The molecule has 0 unspecified atom stereocenters. The fraction of sp³-hybridized carbons (Fsp3) is 0.500. The summed E-state index contributed by atoms with van der Waals surface area (Å²) in [5.41, 5.74) is 0.420. The Hall–Kier alpha value is -1.56. The summed E-state index contributed by atoms with van der Waals surface area (Å²) in [5.74, 6) is 0.584. The Morgan fingerprint density at radius 1 is 1.27 bits per heavy atom. The van der Waals surface area contributed by atoms with Crippen LogP contribution in [0.25, 0.3) is 0 Å². The van der Waals surface area contributed by atoms with E-state index in [4.69, 9.17) is 10.00 Å². The molecule has 0 saturated heterocycles. The van der Waals surface area contributed by atoms with Crippen LogP contribution in [-0.2, 0) is 0 Å². The predicted octanol–water partition coefficient (Wildman–Crippen LogP) is 2.66. The molecule has 0 aliphatic heterocycles. The molecule has 1 aliphatic carbocycles. The Labute approximate surface area is 89.7 Å². The summed E-state index contributed by atoms with van der Waals surface area (Å²) in [6, 6.07) is 7.33. The summed E-state index contributed by atoms with van der Waals surface area (Å²) >= 11 is 0. The molecule has 1 aliphatic rings. The summed E-state index contributed by atoms with van der Waals surface area (Å²) in [6.07, 6.45) is 6.30. The highest BCUT2D eigenvalue weighted by atomic mass is 16.5. The molecule has 2 rings (SSSR count). The lowest BCUT2D eigenvalue weighted by Crippen LogP contribution is -2.20. The Morgan fingerprint density at radius 3 is 2.80 bits per heavy atom. The monoisotopic (exact) mass is 202 g/mol. The van der Waals surface area contributed by atoms with Crippen LogP contribution in [-0.4, -0.2) is 11.1 Å². The third kappa shape index (κ3) is 2.69. The summed E-state index contributed by atoms with van der Waals surface area (Å²) in [6.45, 7) is 0. The zero-order chi connectivity index (χ0) is 10.5. The number of ether oxygens (including phenoxy) is 1. The first-order valence-corrected chi connectivity index (χ1v) is 5.42. The molecule has 0 aromatic carbocycles. The summed E-state index contributed by atoms with van der Waals surface area (Å²) < 4.78 is 5.74. The first-order valence-electron chi connectivity index (χ1n) is 5.42. The predicted molar refractivity (Wildman–Crippen MR) is 56.5 cm³/mol. The number of hydrogen-bond donors (Lipinski definition) is 0. The van der Waals surface area contributed by atoms with Gasteiger partial charge in [0, 0.05) is 6.07 Å². The number of nitriles is 1. The third-order valence-corrected chi connectivity index (χ3v) is 2.68. The van der Waals surface area contributed by atoms with Crippen molar-refractivity contribution < 1.29 is 4.74 Å². The van der Waals surface area contributed by atoms with Crippen LogP contribution in [0.4, 0.5) is 0 Å². The molecule has 0 atom stereocenters. The van der Waals surface area contributed by atoms with E-state index in [-0.39, 0.29) is 0 Å². The molecule has 78 valence electrons. The number of pyridine rings is 1. The van der Waals surface area contributed by atoms with Gasteiger partial charge in [0.2, 0.25) is 5.88 Å². The van der Waals surface area contributed by atoms with Gasteiger partial charge >= 0.3 is 0 Å². The van der Waals surface area contributed by atoms with Gasteiger partial charge in [0.25, 0.3) is 0 Å². The summed E-state index contributed by atoms with van der Waals surface area (Å²) in [7, 11) is 0. The molecule has 1 heterocycles. The Morgan fingerprint density at radius 2 is 2.07 bits per heavy atom. The van der Waals surface area contributed by atoms with Gasteiger partial charge < -0.3 is 4.74 Å². The molecule has 0 bridgehead atoms. The van der Waals surface area contributed by atoms with Crippen LogP contribution in [0, 0.1) is 11.3 Å². The number of hydrogen-bond acceptors (Lipinski definition) is 3. The van der Waals surface area contributed by atoms with Crippen LogP contribution >= 0.6 is 0 Å². The van der Waals surface area contributed by atoms with E-state index < -0.39 is 0 Å². The fourth-order valence-electron chi connectivity index (χ4n) is 1.90. The van der Waals surface area contributed by atoms with Crippen LogP contribution in [0.2, 0.25) is 0 Å². The van der Waals surface area contributed by atoms with Gasteiger partial charge in [-0.15, -0.1) is 0 Å². The van der Waals surface area contributed by atoms with Gasteiger partial charge in [-0.3, -0.25) is 0 Å². The molecule has 3 heteroatoms. The van der Waals surface area contributed by atoms with E-state index in [1.54, 1.807) is 6.07 Å². The molecule has 0 N–H and O–H groups in total. The van der Waals surface area contributed by atoms with Crippen molar-refractivity contribution in [3.8, 4) is 11.9 Å². The SMILES string of the molecule is N#Cc1cccc(OC2CCCCC2)n1. The average molecular weight is 202 g/mol. The maximum absolute atomic E-state index is 8.70. The molecule has 1 saturated carbocycles. The lowest BCUT2D eigenvalue weighted by atomic mass is 9.98. The zero-order valence-electron chi connectivity index (χ0n) is 8.65. The Balaban J connectivity index is 2.00. The standard InChI is InChI=1S/C12H14N2O/c13-9-10-5-4-8-12(14-10)15-11-6-2-1-3-7-11/h4-5,8,11H,1-3,6-7H2. The van der Waals surface area contributed by atoms with E-state index in [1.807, 2.05) is 18.2 Å².